The van der Waals surface area contributed by atoms with Gasteiger partial charge in [-0.2, -0.15) is 0 Å². The minimum atomic E-state index is -0.691. The van der Waals surface area contributed by atoms with Crippen molar-refractivity contribution in [2.75, 3.05) is 28.1 Å². The van der Waals surface area contributed by atoms with Crippen LogP contribution in [0.1, 0.15) is 41.4 Å². The fourth-order valence-electron chi connectivity index (χ4n) is 5.22. The summed E-state index contributed by atoms with van der Waals surface area (Å²) in [4.78, 5) is 13.2. The number of carbonyl (C=O) groups excluding carboxylic acids is 1. The lowest BCUT2D eigenvalue weighted by Gasteiger charge is -2.35. The monoisotopic (exact) mass is 506 g/mol. The van der Waals surface area contributed by atoms with E-state index in [9.17, 15) is 9.90 Å². The van der Waals surface area contributed by atoms with E-state index in [-0.39, 0.29) is 30.1 Å². The first-order chi connectivity index (χ1) is 17.9. The van der Waals surface area contributed by atoms with E-state index in [1.165, 1.54) is 7.11 Å². The molecular weight excluding hydrogens is 476 g/mol. The van der Waals surface area contributed by atoms with Crippen molar-refractivity contribution in [3.63, 3.8) is 0 Å². The number of phenolic OH excluding ortho intramolecular Hbond substituents is 1. The van der Waals surface area contributed by atoms with Gasteiger partial charge in [-0.25, -0.2) is 4.79 Å². The maximum atomic E-state index is 13.2. The van der Waals surface area contributed by atoms with Gasteiger partial charge in [0.2, 0.25) is 18.3 Å². The third-order valence-corrected chi connectivity index (χ3v) is 7.30. The van der Waals surface area contributed by atoms with Gasteiger partial charge in [-0.1, -0.05) is 32.0 Å². The van der Waals surface area contributed by atoms with Crippen molar-refractivity contribution in [1.82, 2.24) is 0 Å². The Hall–Kier alpha value is -4.07. The Morgan fingerprint density at radius 1 is 0.946 bits per heavy atom. The van der Waals surface area contributed by atoms with Gasteiger partial charge in [0.1, 0.15) is 6.10 Å². The summed E-state index contributed by atoms with van der Waals surface area (Å²) in [5.41, 5.74) is 3.02. The van der Waals surface area contributed by atoms with Crippen LogP contribution in [-0.4, -0.2) is 39.2 Å². The summed E-state index contributed by atoms with van der Waals surface area (Å²) in [6, 6.07) is 12.5. The number of aromatic hydroxyl groups is 1. The second kappa shape index (κ2) is 9.76. The molecule has 8 heteroatoms. The fraction of sp³-hybridized carbons (Fsp3) is 0.345. The van der Waals surface area contributed by atoms with Gasteiger partial charge in [-0.3, -0.25) is 0 Å². The lowest BCUT2D eigenvalue weighted by molar-refractivity contribution is 0.00700. The first-order valence-electron chi connectivity index (χ1n) is 12.1. The number of rotatable bonds is 5. The molecule has 3 atom stereocenters. The zero-order valence-electron chi connectivity index (χ0n) is 21.5. The van der Waals surface area contributed by atoms with Crippen LogP contribution in [-0.2, 0) is 11.2 Å². The van der Waals surface area contributed by atoms with Crippen molar-refractivity contribution in [3.05, 3.63) is 59.2 Å². The van der Waals surface area contributed by atoms with Crippen LogP contribution < -0.4 is 23.7 Å². The molecule has 0 radical (unpaired) electrons. The zero-order chi connectivity index (χ0) is 26.3. The molecule has 0 unspecified atom stereocenters. The summed E-state index contributed by atoms with van der Waals surface area (Å²) in [5, 5.41) is 11.6. The molecule has 1 heterocycles. The summed E-state index contributed by atoms with van der Waals surface area (Å²) < 4.78 is 34.6. The SMILES string of the molecule is COc1cc2c(c(OC)c1OC)-c1c(cc3c(c1O)OCO3)[C@H](OC(=O)c1ccccc1)[C@H](C)[C@H](C)C2. The van der Waals surface area contributed by atoms with E-state index in [2.05, 4.69) is 6.92 Å². The average molecular weight is 507 g/mol. The summed E-state index contributed by atoms with van der Waals surface area (Å²) in [6.45, 7) is 4.13. The van der Waals surface area contributed by atoms with Crippen LogP contribution >= 0.6 is 0 Å². The van der Waals surface area contributed by atoms with E-state index in [1.807, 2.05) is 19.1 Å². The topological polar surface area (TPSA) is 92.7 Å². The van der Waals surface area contributed by atoms with Gasteiger partial charge in [0, 0.05) is 22.6 Å². The Labute approximate surface area is 215 Å². The largest absolute Gasteiger partial charge is 0.504 e. The Morgan fingerprint density at radius 3 is 2.35 bits per heavy atom. The van der Waals surface area contributed by atoms with Crippen LogP contribution in [0.25, 0.3) is 11.1 Å². The highest BCUT2D eigenvalue weighted by molar-refractivity contribution is 5.91. The van der Waals surface area contributed by atoms with Crippen molar-refractivity contribution in [2.24, 2.45) is 11.8 Å². The lowest BCUT2D eigenvalue weighted by atomic mass is 9.76. The van der Waals surface area contributed by atoms with Crippen molar-refractivity contribution < 1.29 is 38.3 Å². The summed E-state index contributed by atoms with van der Waals surface area (Å²) >= 11 is 0. The molecule has 0 spiro atoms. The van der Waals surface area contributed by atoms with Gasteiger partial charge in [-0.15, -0.1) is 0 Å². The molecule has 3 aromatic rings. The standard InChI is InChI=1S/C29H30O8/c1-15-11-18-12-20(32-3)27(33-4)28(34-5)22(18)23-19(13-21-26(24(23)30)36-14-35-21)25(16(15)2)37-29(31)17-9-7-6-8-10-17/h6-10,12-13,15-16,25,30H,11,14H2,1-5H3/t15-,16-,25-/m1/s1. The van der Waals surface area contributed by atoms with E-state index in [1.54, 1.807) is 44.6 Å². The van der Waals surface area contributed by atoms with Gasteiger partial charge in [0.05, 0.1) is 26.9 Å². The Morgan fingerprint density at radius 2 is 1.68 bits per heavy atom. The molecule has 2 aliphatic rings. The van der Waals surface area contributed by atoms with Gasteiger partial charge in [0.25, 0.3) is 0 Å². The van der Waals surface area contributed by atoms with Crippen LogP contribution in [0.3, 0.4) is 0 Å². The molecule has 3 aromatic carbocycles. The smallest absolute Gasteiger partial charge is 0.338 e. The molecule has 37 heavy (non-hydrogen) atoms. The molecule has 0 saturated carbocycles. The average Bonchev–Trinajstić information content (AvgIpc) is 3.40. The van der Waals surface area contributed by atoms with Crippen molar-refractivity contribution in [3.8, 4) is 45.6 Å². The van der Waals surface area contributed by atoms with E-state index >= 15 is 0 Å². The van der Waals surface area contributed by atoms with Crippen LogP contribution in [0.2, 0.25) is 0 Å². The predicted molar refractivity (Wildman–Crippen MR) is 136 cm³/mol. The maximum Gasteiger partial charge on any atom is 0.338 e. The second-order valence-electron chi connectivity index (χ2n) is 9.34. The quantitative estimate of drug-likeness (QED) is 0.451. The number of hydrogen-bond acceptors (Lipinski definition) is 8. The van der Waals surface area contributed by atoms with E-state index < -0.39 is 12.1 Å². The molecular formula is C29H30O8. The molecule has 0 saturated heterocycles. The zero-order valence-corrected chi connectivity index (χ0v) is 21.5. The lowest BCUT2D eigenvalue weighted by Crippen LogP contribution is -2.26. The minimum absolute atomic E-state index is 0.0257. The highest BCUT2D eigenvalue weighted by atomic mass is 16.7. The van der Waals surface area contributed by atoms with Crippen molar-refractivity contribution in [2.45, 2.75) is 26.4 Å². The minimum Gasteiger partial charge on any atom is -0.504 e. The molecule has 1 aliphatic heterocycles. The molecule has 1 aliphatic carbocycles. The molecule has 0 amide bonds. The molecule has 5 rings (SSSR count). The number of ether oxygens (including phenoxy) is 6. The Balaban J connectivity index is 1.80. The number of carbonyl (C=O) groups is 1. The second-order valence-corrected chi connectivity index (χ2v) is 9.34. The van der Waals surface area contributed by atoms with Crippen LogP contribution in [0.4, 0.5) is 0 Å². The van der Waals surface area contributed by atoms with Crippen LogP contribution in [0, 0.1) is 11.8 Å². The number of esters is 1. The molecule has 0 bridgehead atoms. The van der Waals surface area contributed by atoms with Crippen molar-refractivity contribution >= 4 is 5.97 Å². The normalized spacial score (nSPS) is 19.6. The van der Waals surface area contributed by atoms with Crippen LogP contribution in [0.15, 0.2) is 42.5 Å². The van der Waals surface area contributed by atoms with E-state index in [0.29, 0.717) is 51.7 Å². The summed E-state index contributed by atoms with van der Waals surface area (Å²) in [6.07, 6.45) is -0.0797. The Bertz CT molecular complexity index is 1330. The maximum absolute atomic E-state index is 13.2. The molecule has 8 nitrogen and oxygen atoms in total. The number of methoxy groups -OCH3 is 3. The van der Waals surface area contributed by atoms with Crippen LogP contribution in [0.5, 0.6) is 34.5 Å². The number of fused-ring (bicyclic) bond motifs is 4. The number of phenols is 1. The van der Waals surface area contributed by atoms with Gasteiger partial charge < -0.3 is 33.5 Å². The van der Waals surface area contributed by atoms with Gasteiger partial charge in [-0.05, 0) is 42.2 Å². The summed E-state index contributed by atoms with van der Waals surface area (Å²) in [5.74, 6) is 1.34. The van der Waals surface area contributed by atoms with E-state index in [0.717, 1.165) is 5.56 Å². The molecule has 0 aromatic heterocycles. The third kappa shape index (κ3) is 4.06. The first-order valence-corrected chi connectivity index (χ1v) is 12.1. The fourth-order valence-corrected chi connectivity index (χ4v) is 5.22. The van der Waals surface area contributed by atoms with E-state index in [4.69, 9.17) is 28.4 Å². The van der Waals surface area contributed by atoms with Gasteiger partial charge in [0.15, 0.2) is 23.0 Å². The van der Waals surface area contributed by atoms with Gasteiger partial charge >= 0.3 is 5.97 Å². The number of benzene rings is 3. The number of hydrogen-bond donors (Lipinski definition) is 1. The third-order valence-electron chi connectivity index (χ3n) is 7.30. The van der Waals surface area contributed by atoms with Crippen molar-refractivity contribution in [1.29, 1.82) is 0 Å². The predicted octanol–water partition coefficient (Wildman–Crippen LogP) is 5.54. The molecule has 194 valence electrons. The Kier molecular flexibility index (Phi) is 6.50. The molecule has 0 fully saturated rings. The highest BCUT2D eigenvalue weighted by Gasteiger charge is 2.39. The summed E-state index contributed by atoms with van der Waals surface area (Å²) in [7, 11) is 4.64. The molecule has 1 N–H and O–H groups in total. The first kappa shape index (κ1) is 24.6. The highest BCUT2D eigenvalue weighted by Crippen LogP contribution is 2.58.